The molecule has 12 nitrogen and oxygen atoms in total. The molecule has 1 aromatic carbocycles. The molecule has 0 atom stereocenters. The first-order valence-electron chi connectivity index (χ1n) is 6.84. The molecule has 0 aliphatic heterocycles. The van der Waals surface area contributed by atoms with Crippen molar-refractivity contribution in [2.24, 2.45) is 5.14 Å². The maximum absolute atomic E-state index is 13.3. The average Bonchev–Trinajstić information content (AvgIpc) is 3.05. The fourth-order valence-electron chi connectivity index (χ4n) is 1.79. The van der Waals surface area contributed by atoms with Crippen molar-refractivity contribution in [1.82, 2.24) is 15.0 Å². The smallest absolute Gasteiger partial charge is 0.274 e. The first-order chi connectivity index (χ1) is 12.2. The van der Waals surface area contributed by atoms with E-state index in [4.69, 9.17) is 15.8 Å². The molecule has 0 unspecified atom stereocenters. The van der Waals surface area contributed by atoms with Crippen LogP contribution in [0.3, 0.4) is 0 Å². The second-order valence-corrected chi connectivity index (χ2v) is 6.14. The Labute approximate surface area is 146 Å². The fourth-order valence-corrected chi connectivity index (χ4v) is 2.18. The van der Waals surface area contributed by atoms with E-state index in [2.05, 4.69) is 20.3 Å². The molecule has 0 spiro atoms. The van der Waals surface area contributed by atoms with Crippen LogP contribution >= 0.6 is 0 Å². The van der Waals surface area contributed by atoms with Crippen molar-refractivity contribution in [2.75, 3.05) is 23.5 Å². The minimum Gasteiger partial charge on any atom is -0.364 e. The summed E-state index contributed by atoms with van der Waals surface area (Å²) in [5.74, 6) is -1.40. The molecule has 0 saturated carbocycles. The van der Waals surface area contributed by atoms with E-state index in [0.717, 1.165) is 18.2 Å². The summed E-state index contributed by atoms with van der Waals surface area (Å²) < 4.78 is 41.4. The predicted octanol–water partition coefficient (Wildman–Crippen LogP) is -0.493. The Morgan fingerprint density at radius 3 is 2.85 bits per heavy atom. The van der Waals surface area contributed by atoms with Crippen molar-refractivity contribution < 1.29 is 22.6 Å². The number of nitrogens with one attached hydrogen (secondary N) is 3. The van der Waals surface area contributed by atoms with Gasteiger partial charge in [0.2, 0.25) is 5.82 Å². The number of aromatic nitrogens is 2. The van der Waals surface area contributed by atoms with Gasteiger partial charge >= 0.3 is 0 Å². The number of nitrogens with zero attached hydrogens (tertiary/aromatic N) is 4. The maximum Gasteiger partial charge on any atom is 0.274 e. The molecule has 0 amide bonds. The third kappa shape index (κ3) is 4.70. The number of hydrogen-bond acceptors (Lipinski definition) is 9. The molecule has 6 N–H and O–H groups in total. The van der Waals surface area contributed by atoms with Gasteiger partial charge in [0.1, 0.15) is 11.9 Å². The van der Waals surface area contributed by atoms with Gasteiger partial charge in [-0.3, -0.25) is 10.6 Å². The zero-order chi connectivity index (χ0) is 19.3. The summed E-state index contributed by atoms with van der Waals surface area (Å²) in [4.78, 5) is 0. The van der Waals surface area contributed by atoms with Crippen LogP contribution < -0.4 is 20.2 Å². The summed E-state index contributed by atoms with van der Waals surface area (Å²) in [6, 6.07) is 4.77. The molecule has 0 bridgehead atoms. The van der Waals surface area contributed by atoms with Crippen molar-refractivity contribution in [3.05, 3.63) is 35.3 Å². The Morgan fingerprint density at radius 1 is 1.46 bits per heavy atom. The zero-order valence-electron chi connectivity index (χ0n) is 13.0. The van der Waals surface area contributed by atoms with Crippen molar-refractivity contribution in [2.45, 2.75) is 0 Å². The SMILES string of the molecule is N#Cc1cc(N(O)C(=N)c2nonc2NCCNS(N)(=O)=O)ccc1F. The number of hydrogen-bond donors (Lipinski definition) is 5. The number of rotatable bonds is 7. The molecule has 0 aliphatic carbocycles. The first kappa shape index (κ1) is 19.2. The number of amidine groups is 1. The fraction of sp³-hybridized carbons (Fsp3) is 0.167. The molecular weight excluding hydrogens is 371 g/mol. The lowest BCUT2D eigenvalue weighted by Gasteiger charge is -2.16. The van der Waals surface area contributed by atoms with E-state index in [1.165, 1.54) is 0 Å². The summed E-state index contributed by atoms with van der Waals surface area (Å²) in [6.07, 6.45) is 0. The summed E-state index contributed by atoms with van der Waals surface area (Å²) in [6.45, 7) is -0.0454. The lowest BCUT2D eigenvalue weighted by atomic mass is 10.2. The highest BCUT2D eigenvalue weighted by Gasteiger charge is 2.21. The standard InChI is InChI=1S/C12H13FN8O4S/c13-9-2-1-8(5-7(9)6-14)21(22)11(15)10-12(20-25-19-10)17-3-4-18-26(16,23)24/h1-2,5,15,18,22H,3-4H2,(H,17,20)(H2,16,23,24). The summed E-state index contributed by atoms with van der Waals surface area (Å²) in [5, 5.41) is 41.6. The second-order valence-electron chi connectivity index (χ2n) is 4.76. The quantitative estimate of drug-likeness (QED) is 0.181. The van der Waals surface area contributed by atoms with E-state index >= 15 is 0 Å². The molecule has 1 heterocycles. The monoisotopic (exact) mass is 384 g/mol. The molecule has 0 radical (unpaired) electrons. The summed E-state index contributed by atoms with van der Waals surface area (Å²) in [5.41, 5.74) is -0.580. The Balaban J connectivity index is 2.10. The lowest BCUT2D eigenvalue weighted by Crippen LogP contribution is -2.34. The van der Waals surface area contributed by atoms with Crippen LogP contribution in [0, 0.1) is 22.6 Å². The lowest BCUT2D eigenvalue weighted by molar-refractivity contribution is 0.300. The molecule has 0 saturated heterocycles. The highest BCUT2D eigenvalue weighted by Crippen LogP contribution is 2.20. The van der Waals surface area contributed by atoms with Crippen LogP contribution in [0.25, 0.3) is 0 Å². The molecular formula is C12H13FN8O4S. The molecule has 2 rings (SSSR count). The van der Waals surface area contributed by atoms with Crippen LogP contribution in [0.4, 0.5) is 15.9 Å². The second kappa shape index (κ2) is 7.84. The van der Waals surface area contributed by atoms with Crippen LogP contribution in [-0.2, 0) is 10.2 Å². The van der Waals surface area contributed by atoms with E-state index in [1.807, 2.05) is 4.72 Å². The van der Waals surface area contributed by atoms with Gasteiger partial charge in [0.15, 0.2) is 11.5 Å². The number of nitriles is 1. The van der Waals surface area contributed by atoms with E-state index in [-0.39, 0.29) is 35.9 Å². The predicted molar refractivity (Wildman–Crippen MR) is 86.1 cm³/mol. The molecule has 1 aromatic heterocycles. The van der Waals surface area contributed by atoms with Gasteiger partial charge < -0.3 is 5.32 Å². The van der Waals surface area contributed by atoms with Gasteiger partial charge in [-0.25, -0.2) is 23.9 Å². The largest absolute Gasteiger partial charge is 0.364 e. The van der Waals surface area contributed by atoms with Crippen LogP contribution in [0.5, 0.6) is 0 Å². The Hall–Kier alpha value is -3.12. The number of hydroxylamine groups is 1. The first-order valence-corrected chi connectivity index (χ1v) is 8.39. The van der Waals surface area contributed by atoms with E-state index in [1.54, 1.807) is 6.07 Å². The van der Waals surface area contributed by atoms with Gasteiger partial charge in [0, 0.05) is 13.1 Å². The Morgan fingerprint density at radius 2 is 2.19 bits per heavy atom. The topological polar surface area (TPSA) is 194 Å². The third-order valence-corrected chi connectivity index (χ3v) is 3.57. The molecule has 0 fully saturated rings. The third-order valence-electron chi connectivity index (χ3n) is 2.96. The Kier molecular flexibility index (Phi) is 5.79. The van der Waals surface area contributed by atoms with E-state index in [0.29, 0.717) is 5.06 Å². The highest BCUT2D eigenvalue weighted by molar-refractivity contribution is 7.87. The Bertz CT molecular complexity index is 954. The molecule has 14 heteroatoms. The van der Waals surface area contributed by atoms with Gasteiger partial charge in [0.05, 0.1) is 11.3 Å². The van der Waals surface area contributed by atoms with Crippen molar-refractivity contribution >= 4 is 27.6 Å². The normalized spacial score (nSPS) is 11.0. The van der Waals surface area contributed by atoms with Gasteiger partial charge in [-0.2, -0.15) is 13.7 Å². The molecule has 26 heavy (non-hydrogen) atoms. The number of benzene rings is 1. The van der Waals surface area contributed by atoms with Crippen molar-refractivity contribution in [1.29, 1.82) is 10.7 Å². The van der Waals surface area contributed by atoms with Crippen LogP contribution in [0.1, 0.15) is 11.3 Å². The van der Waals surface area contributed by atoms with Crippen LogP contribution in [-0.4, -0.2) is 42.9 Å². The molecule has 2 aromatic rings. The van der Waals surface area contributed by atoms with E-state index in [9.17, 15) is 18.0 Å². The maximum atomic E-state index is 13.3. The van der Waals surface area contributed by atoms with Gasteiger partial charge in [-0.1, -0.05) is 0 Å². The van der Waals surface area contributed by atoms with Crippen molar-refractivity contribution in [3.8, 4) is 6.07 Å². The zero-order valence-corrected chi connectivity index (χ0v) is 13.8. The van der Waals surface area contributed by atoms with E-state index < -0.39 is 21.9 Å². The average molecular weight is 384 g/mol. The molecule has 0 aliphatic rings. The highest BCUT2D eigenvalue weighted by atomic mass is 32.2. The van der Waals surface area contributed by atoms with Crippen LogP contribution in [0.15, 0.2) is 22.8 Å². The number of halogens is 1. The van der Waals surface area contributed by atoms with Gasteiger partial charge in [-0.15, -0.1) is 0 Å². The van der Waals surface area contributed by atoms with Crippen molar-refractivity contribution in [3.63, 3.8) is 0 Å². The minimum absolute atomic E-state index is 0.0332. The summed E-state index contributed by atoms with van der Waals surface area (Å²) in [7, 11) is -3.85. The van der Waals surface area contributed by atoms with Gasteiger partial charge in [0.25, 0.3) is 10.2 Å². The number of anilines is 2. The number of nitrogens with two attached hydrogens (primary N) is 1. The molecule has 138 valence electrons. The minimum atomic E-state index is -3.85. The van der Waals surface area contributed by atoms with Crippen LogP contribution in [0.2, 0.25) is 0 Å². The van der Waals surface area contributed by atoms with Gasteiger partial charge in [-0.05, 0) is 28.5 Å². The summed E-state index contributed by atoms with van der Waals surface area (Å²) >= 11 is 0.